The van der Waals surface area contributed by atoms with Gasteiger partial charge >= 0.3 is 0 Å². The summed E-state index contributed by atoms with van der Waals surface area (Å²) in [6.45, 7) is 5.21. The molecule has 1 N–H and O–H groups in total. The van der Waals surface area contributed by atoms with Gasteiger partial charge in [0.1, 0.15) is 18.3 Å². The highest BCUT2D eigenvalue weighted by molar-refractivity contribution is 7.92. The van der Waals surface area contributed by atoms with E-state index in [1.165, 1.54) is 30.2 Å². The van der Waals surface area contributed by atoms with Crippen LogP contribution in [-0.4, -0.2) is 51.4 Å². The summed E-state index contributed by atoms with van der Waals surface area (Å²) >= 11 is 12.8. The van der Waals surface area contributed by atoms with E-state index in [2.05, 4.69) is 5.32 Å². The van der Waals surface area contributed by atoms with Crippen LogP contribution in [0.15, 0.2) is 77.7 Å². The van der Waals surface area contributed by atoms with Gasteiger partial charge in [-0.3, -0.25) is 13.9 Å². The van der Waals surface area contributed by atoms with Gasteiger partial charge in [-0.1, -0.05) is 67.4 Å². The molecule has 0 saturated carbocycles. The molecule has 0 saturated heterocycles. The second-order valence-corrected chi connectivity index (χ2v) is 12.2. The molecule has 3 aromatic carbocycles. The van der Waals surface area contributed by atoms with Crippen LogP contribution < -0.4 is 14.4 Å². The third kappa shape index (κ3) is 7.68. The lowest BCUT2D eigenvalue weighted by Gasteiger charge is -2.32. The largest absolute Gasteiger partial charge is 0.497 e. The summed E-state index contributed by atoms with van der Waals surface area (Å²) in [5.41, 5.74) is 0.672. The molecule has 0 bridgehead atoms. The van der Waals surface area contributed by atoms with Crippen molar-refractivity contribution in [2.24, 2.45) is 5.92 Å². The second kappa shape index (κ2) is 13.9. The van der Waals surface area contributed by atoms with E-state index in [-0.39, 0.29) is 29.0 Å². The Morgan fingerprint density at radius 1 is 0.925 bits per heavy atom. The number of amides is 2. The number of rotatable bonds is 12. The van der Waals surface area contributed by atoms with Gasteiger partial charge in [0.25, 0.3) is 10.0 Å². The van der Waals surface area contributed by atoms with Crippen LogP contribution in [0, 0.1) is 5.92 Å². The predicted molar refractivity (Wildman–Crippen MR) is 158 cm³/mol. The van der Waals surface area contributed by atoms with Gasteiger partial charge in [0, 0.05) is 34.8 Å². The molecule has 0 aliphatic rings. The van der Waals surface area contributed by atoms with Crippen molar-refractivity contribution in [2.45, 2.75) is 38.3 Å². The van der Waals surface area contributed by atoms with Gasteiger partial charge in [0.05, 0.1) is 17.7 Å². The van der Waals surface area contributed by atoms with Crippen LogP contribution in [0.2, 0.25) is 10.0 Å². The molecule has 0 aromatic heterocycles. The topological polar surface area (TPSA) is 96.0 Å². The Hall–Kier alpha value is -3.27. The fraction of sp³-hybridized carbons (Fsp3) is 0.310. The first-order valence-corrected chi connectivity index (χ1v) is 14.9. The van der Waals surface area contributed by atoms with E-state index < -0.39 is 28.5 Å². The number of carbonyl (C=O) groups is 2. The van der Waals surface area contributed by atoms with Gasteiger partial charge in [-0.05, 0) is 49.2 Å². The number of halogens is 2. The molecule has 214 valence electrons. The Bertz CT molecular complexity index is 1410. The van der Waals surface area contributed by atoms with E-state index in [1.54, 1.807) is 61.5 Å². The van der Waals surface area contributed by atoms with E-state index in [0.29, 0.717) is 27.9 Å². The van der Waals surface area contributed by atoms with E-state index >= 15 is 0 Å². The Kier molecular flexibility index (Phi) is 10.8. The number of nitrogens with zero attached hydrogens (tertiary/aromatic N) is 2. The smallest absolute Gasteiger partial charge is 0.264 e. The molecule has 1 unspecified atom stereocenters. The molecular weight excluding hydrogens is 573 g/mol. The Morgan fingerprint density at radius 3 is 2.15 bits per heavy atom. The van der Waals surface area contributed by atoms with Crippen LogP contribution >= 0.6 is 23.2 Å². The van der Waals surface area contributed by atoms with Crippen molar-refractivity contribution in [3.63, 3.8) is 0 Å². The number of anilines is 1. The van der Waals surface area contributed by atoms with Crippen molar-refractivity contribution in [2.75, 3.05) is 24.5 Å². The number of methoxy groups -OCH3 is 1. The Balaban J connectivity index is 2.06. The van der Waals surface area contributed by atoms with Gasteiger partial charge in [0.15, 0.2) is 0 Å². The standard InChI is InChI=1S/C29H33Cl2N3O5S/c1-20(2)17-32-29(36)21(3)33(18-25-26(30)14-9-15-27(25)31)28(35)19-34(22-10-8-11-23(16-22)39-4)40(37,38)24-12-6-5-7-13-24/h5-16,20-21H,17-19H2,1-4H3,(H,32,36). The maximum absolute atomic E-state index is 14.0. The molecular formula is C29H33Cl2N3O5S. The van der Waals surface area contributed by atoms with Crippen LogP contribution in [-0.2, 0) is 26.2 Å². The fourth-order valence-electron chi connectivity index (χ4n) is 3.90. The van der Waals surface area contributed by atoms with Gasteiger partial charge in [-0.2, -0.15) is 0 Å². The zero-order valence-electron chi connectivity index (χ0n) is 22.8. The van der Waals surface area contributed by atoms with Crippen molar-refractivity contribution < 1.29 is 22.7 Å². The molecule has 0 fully saturated rings. The second-order valence-electron chi connectivity index (χ2n) is 9.56. The molecule has 11 heteroatoms. The fourth-order valence-corrected chi connectivity index (χ4v) is 5.85. The maximum Gasteiger partial charge on any atom is 0.264 e. The van der Waals surface area contributed by atoms with E-state index in [1.807, 2.05) is 13.8 Å². The van der Waals surface area contributed by atoms with Crippen LogP contribution in [0.3, 0.4) is 0 Å². The highest BCUT2D eigenvalue weighted by atomic mass is 35.5. The molecule has 40 heavy (non-hydrogen) atoms. The first-order chi connectivity index (χ1) is 18.9. The SMILES string of the molecule is COc1cccc(N(CC(=O)N(Cc2c(Cl)cccc2Cl)C(C)C(=O)NCC(C)C)S(=O)(=O)c2ccccc2)c1. The quantitative estimate of drug-likeness (QED) is 0.299. The first-order valence-electron chi connectivity index (χ1n) is 12.7. The average Bonchev–Trinajstić information content (AvgIpc) is 2.94. The van der Waals surface area contributed by atoms with Crippen molar-refractivity contribution in [1.82, 2.24) is 10.2 Å². The molecule has 0 heterocycles. The third-order valence-corrected chi connectivity index (χ3v) is 8.69. The lowest BCUT2D eigenvalue weighted by Crippen LogP contribution is -2.51. The zero-order valence-corrected chi connectivity index (χ0v) is 25.1. The Labute approximate surface area is 245 Å². The zero-order chi connectivity index (χ0) is 29.4. The van der Waals surface area contributed by atoms with E-state index in [9.17, 15) is 18.0 Å². The van der Waals surface area contributed by atoms with Gasteiger partial charge in [-0.25, -0.2) is 8.42 Å². The summed E-state index contributed by atoms with van der Waals surface area (Å²) in [5, 5.41) is 3.48. The lowest BCUT2D eigenvalue weighted by molar-refractivity contribution is -0.139. The Morgan fingerprint density at radius 2 is 1.55 bits per heavy atom. The average molecular weight is 607 g/mol. The van der Waals surface area contributed by atoms with Crippen molar-refractivity contribution >= 4 is 50.7 Å². The number of hydrogen-bond acceptors (Lipinski definition) is 5. The third-order valence-electron chi connectivity index (χ3n) is 6.19. The summed E-state index contributed by atoms with van der Waals surface area (Å²) in [7, 11) is -2.72. The number of carbonyl (C=O) groups excluding carboxylic acids is 2. The molecule has 0 spiro atoms. The molecule has 0 aliphatic carbocycles. The van der Waals surface area contributed by atoms with Gasteiger partial charge < -0.3 is 15.0 Å². The van der Waals surface area contributed by atoms with Crippen molar-refractivity contribution in [1.29, 1.82) is 0 Å². The van der Waals surface area contributed by atoms with Crippen LogP contribution in [0.5, 0.6) is 5.75 Å². The summed E-state index contributed by atoms with van der Waals surface area (Å²) in [6, 6.07) is 18.2. The number of benzene rings is 3. The van der Waals surface area contributed by atoms with E-state index in [0.717, 1.165) is 4.31 Å². The number of hydrogen-bond donors (Lipinski definition) is 1. The summed E-state index contributed by atoms with van der Waals surface area (Å²) in [4.78, 5) is 28.4. The predicted octanol–water partition coefficient (Wildman–Crippen LogP) is 5.39. The minimum Gasteiger partial charge on any atom is -0.497 e. The lowest BCUT2D eigenvalue weighted by atomic mass is 10.1. The summed E-state index contributed by atoms with van der Waals surface area (Å²) in [5.74, 6) is -0.396. The monoisotopic (exact) mass is 605 g/mol. The highest BCUT2D eigenvalue weighted by Gasteiger charge is 2.33. The molecule has 1 atom stereocenters. The molecule has 0 aliphatic heterocycles. The highest BCUT2D eigenvalue weighted by Crippen LogP contribution is 2.29. The summed E-state index contributed by atoms with van der Waals surface area (Å²) < 4.78 is 34.0. The number of ether oxygens (including phenoxy) is 1. The van der Waals surface area contributed by atoms with Gasteiger partial charge in [-0.15, -0.1) is 0 Å². The van der Waals surface area contributed by atoms with Crippen LogP contribution in [0.1, 0.15) is 26.3 Å². The van der Waals surface area contributed by atoms with Gasteiger partial charge in [0.2, 0.25) is 11.8 Å². The normalized spacial score (nSPS) is 12.1. The molecule has 3 rings (SSSR count). The maximum atomic E-state index is 14.0. The molecule has 3 aromatic rings. The minimum atomic E-state index is -4.19. The van der Waals surface area contributed by atoms with Crippen LogP contribution in [0.25, 0.3) is 0 Å². The summed E-state index contributed by atoms with van der Waals surface area (Å²) in [6.07, 6.45) is 0. The van der Waals surface area contributed by atoms with Crippen molar-refractivity contribution in [3.05, 3.63) is 88.4 Å². The van der Waals surface area contributed by atoms with Crippen LogP contribution in [0.4, 0.5) is 5.69 Å². The first kappa shape index (κ1) is 31.3. The number of sulfonamides is 1. The molecule has 2 amide bonds. The molecule has 8 nitrogen and oxygen atoms in total. The van der Waals surface area contributed by atoms with Crippen molar-refractivity contribution in [3.8, 4) is 5.75 Å². The minimum absolute atomic E-state index is 0.00837. The molecule has 0 radical (unpaired) electrons. The van der Waals surface area contributed by atoms with E-state index in [4.69, 9.17) is 27.9 Å². The number of nitrogens with one attached hydrogen (secondary N) is 1.